The molecule has 0 bridgehead atoms. The third-order valence-electron chi connectivity index (χ3n) is 8.61. The van der Waals surface area contributed by atoms with Gasteiger partial charge in [-0.15, -0.1) is 0 Å². The molecular weight excluding hydrogens is 647 g/mol. The molecule has 1 aliphatic rings. The summed E-state index contributed by atoms with van der Waals surface area (Å²) in [5.74, 6) is 0.646. The fourth-order valence-electron chi connectivity index (χ4n) is 6.33. The number of halogens is 1. The molecule has 2 atom stereocenters. The molecule has 10 nitrogen and oxygen atoms in total. The summed E-state index contributed by atoms with van der Waals surface area (Å²) in [7, 11) is 0. The molecule has 264 valence electrons. The Morgan fingerprint density at radius 1 is 0.941 bits per heavy atom. The number of hydrogen-bond acceptors (Lipinski definition) is 8. The number of piperidine rings is 1. The summed E-state index contributed by atoms with van der Waals surface area (Å²) in [6, 6.07) is 21.6. The number of hydrogen-bond donors (Lipinski definition) is 2. The molecule has 1 saturated heterocycles. The van der Waals surface area contributed by atoms with E-state index in [-0.39, 0.29) is 48.1 Å². The molecule has 0 spiro atoms. The van der Waals surface area contributed by atoms with E-state index < -0.39 is 5.82 Å². The lowest BCUT2D eigenvalue weighted by Crippen LogP contribution is -2.48. The van der Waals surface area contributed by atoms with Gasteiger partial charge < -0.3 is 25.0 Å². The van der Waals surface area contributed by atoms with Gasteiger partial charge in [-0.25, -0.2) is 24.1 Å². The second-order valence-electron chi connectivity index (χ2n) is 14.4. The molecule has 2 N–H and O–H groups in total. The molecule has 3 aromatic carbocycles. The lowest BCUT2D eigenvalue weighted by molar-refractivity contribution is -0.117. The third kappa shape index (κ3) is 8.78. The molecule has 3 heterocycles. The quantitative estimate of drug-likeness (QED) is 0.158. The van der Waals surface area contributed by atoms with Crippen molar-refractivity contribution < 1.29 is 23.5 Å². The number of anilines is 2. The van der Waals surface area contributed by atoms with Gasteiger partial charge in [-0.05, 0) is 66.1 Å². The second-order valence-corrected chi connectivity index (χ2v) is 14.4. The minimum atomic E-state index is -0.529. The van der Waals surface area contributed by atoms with Crippen molar-refractivity contribution in [2.75, 3.05) is 23.7 Å². The Kier molecular flexibility index (Phi) is 10.5. The number of benzene rings is 3. The molecule has 1 fully saturated rings. The van der Waals surface area contributed by atoms with E-state index in [0.29, 0.717) is 52.7 Å². The summed E-state index contributed by atoms with van der Waals surface area (Å²) < 4.78 is 27.2. The van der Waals surface area contributed by atoms with E-state index in [1.165, 1.54) is 6.07 Å². The summed E-state index contributed by atoms with van der Waals surface area (Å²) in [5, 5.41) is 7.35. The molecule has 51 heavy (non-hydrogen) atoms. The first-order valence-electron chi connectivity index (χ1n) is 17.1. The van der Waals surface area contributed by atoms with Crippen LogP contribution >= 0.6 is 0 Å². The molecule has 11 heteroatoms. The van der Waals surface area contributed by atoms with E-state index in [1.54, 1.807) is 41.6 Å². The van der Waals surface area contributed by atoms with Crippen LogP contribution in [0.3, 0.4) is 0 Å². The van der Waals surface area contributed by atoms with Gasteiger partial charge in [0.1, 0.15) is 18.2 Å². The standard InChI is InChI=1S/C40H43FN6O4/c1-25-20-28(23-47(22-25)39(49)50-24-27-10-7-6-8-11-27)44-38-43-19-17-33(45-38)31-12-9-18-42-37(31)51-36-26(2)13-14-29-30(36)15-16-32(41)35(29)46-34(48)21-40(3,4)5/h6-19,25,28H,20-24H2,1-5H3,(H,46,48)(H,43,44,45)/t25-,28+/m1/s1. The van der Waals surface area contributed by atoms with Crippen LogP contribution in [0.25, 0.3) is 22.0 Å². The van der Waals surface area contributed by atoms with Crippen molar-refractivity contribution >= 4 is 34.4 Å². The fraction of sp³-hybridized carbons (Fsp3) is 0.325. The SMILES string of the molecule is Cc1ccc2c(NC(=O)CC(C)(C)C)c(F)ccc2c1Oc1ncccc1-c1ccnc(N[C@H]2C[C@@H](C)CN(C(=O)OCc3ccccc3)C2)n1. The van der Waals surface area contributed by atoms with Gasteiger partial charge in [-0.2, -0.15) is 0 Å². The highest BCUT2D eigenvalue weighted by atomic mass is 19.1. The van der Waals surface area contributed by atoms with Crippen molar-refractivity contribution in [2.45, 2.75) is 60.1 Å². The van der Waals surface area contributed by atoms with Crippen LogP contribution < -0.4 is 15.4 Å². The average molecular weight is 691 g/mol. The van der Waals surface area contributed by atoms with E-state index in [2.05, 4.69) is 27.5 Å². The maximum Gasteiger partial charge on any atom is 0.410 e. The maximum absolute atomic E-state index is 15.1. The normalized spacial score (nSPS) is 16.1. The number of fused-ring (bicyclic) bond motifs is 1. The number of aryl methyl sites for hydroxylation is 1. The maximum atomic E-state index is 15.1. The molecule has 2 aromatic heterocycles. The first kappa shape index (κ1) is 35.3. The van der Waals surface area contributed by atoms with Gasteiger partial charge in [0.2, 0.25) is 17.7 Å². The molecule has 0 radical (unpaired) electrons. The Labute approximate surface area is 297 Å². The van der Waals surface area contributed by atoms with Crippen LogP contribution in [-0.2, 0) is 16.1 Å². The number of aromatic nitrogens is 3. The van der Waals surface area contributed by atoms with Crippen LogP contribution in [0.1, 0.15) is 51.7 Å². The fourth-order valence-corrected chi connectivity index (χ4v) is 6.33. The van der Waals surface area contributed by atoms with E-state index in [0.717, 1.165) is 17.5 Å². The van der Waals surface area contributed by atoms with Crippen LogP contribution in [0.4, 0.5) is 20.8 Å². The van der Waals surface area contributed by atoms with Crippen LogP contribution in [0.5, 0.6) is 11.6 Å². The van der Waals surface area contributed by atoms with Crippen LogP contribution in [-0.4, -0.2) is 51.0 Å². The number of rotatable bonds is 9. The zero-order chi connectivity index (χ0) is 36.1. The topological polar surface area (TPSA) is 119 Å². The summed E-state index contributed by atoms with van der Waals surface area (Å²) >= 11 is 0. The van der Waals surface area contributed by atoms with E-state index in [9.17, 15) is 9.59 Å². The lowest BCUT2D eigenvalue weighted by atomic mass is 9.92. The number of ether oxygens (including phenoxy) is 2. The number of carbonyl (C=O) groups excluding carboxylic acids is 2. The predicted molar refractivity (Wildman–Crippen MR) is 196 cm³/mol. The van der Waals surface area contributed by atoms with Gasteiger partial charge in [0, 0.05) is 48.7 Å². The largest absolute Gasteiger partial charge is 0.445 e. The lowest BCUT2D eigenvalue weighted by Gasteiger charge is -2.36. The average Bonchev–Trinajstić information content (AvgIpc) is 3.09. The van der Waals surface area contributed by atoms with Gasteiger partial charge in [0.15, 0.2) is 0 Å². The molecule has 6 rings (SSSR count). The molecule has 0 aliphatic carbocycles. The Morgan fingerprint density at radius 2 is 1.73 bits per heavy atom. The summed E-state index contributed by atoms with van der Waals surface area (Å²) in [4.78, 5) is 41.3. The number of likely N-dealkylation sites (tertiary alicyclic amines) is 1. The molecule has 1 aliphatic heterocycles. The van der Waals surface area contributed by atoms with Crippen molar-refractivity contribution in [1.82, 2.24) is 19.9 Å². The van der Waals surface area contributed by atoms with E-state index in [4.69, 9.17) is 14.5 Å². The van der Waals surface area contributed by atoms with Gasteiger partial charge in [-0.1, -0.05) is 70.2 Å². The Morgan fingerprint density at radius 3 is 2.51 bits per heavy atom. The molecular formula is C40H43FN6O4. The minimum absolute atomic E-state index is 0.0882. The number of nitrogens with zero attached hydrogens (tertiary/aromatic N) is 4. The smallest absolute Gasteiger partial charge is 0.410 e. The van der Waals surface area contributed by atoms with Gasteiger partial charge in [0.25, 0.3) is 0 Å². The Hall–Kier alpha value is -5.58. The monoisotopic (exact) mass is 690 g/mol. The number of carbonyl (C=O) groups is 2. The summed E-state index contributed by atoms with van der Waals surface area (Å²) in [6.07, 6.45) is 4.01. The summed E-state index contributed by atoms with van der Waals surface area (Å²) in [6.45, 7) is 11.2. The van der Waals surface area contributed by atoms with Crippen LogP contribution in [0.2, 0.25) is 0 Å². The predicted octanol–water partition coefficient (Wildman–Crippen LogP) is 8.77. The first-order chi connectivity index (χ1) is 24.4. The van der Waals surface area contributed by atoms with Crippen LogP contribution in [0.15, 0.2) is 85.2 Å². The first-order valence-corrected chi connectivity index (χ1v) is 17.1. The molecule has 0 saturated carbocycles. The van der Waals surface area contributed by atoms with Gasteiger partial charge in [0.05, 0.1) is 16.9 Å². The Balaban J connectivity index is 1.21. The van der Waals surface area contributed by atoms with E-state index >= 15 is 4.39 Å². The van der Waals surface area contributed by atoms with Crippen LogP contribution in [0, 0.1) is 24.1 Å². The number of amides is 2. The molecule has 0 unspecified atom stereocenters. The van der Waals surface area contributed by atoms with Crippen molar-refractivity contribution in [2.24, 2.45) is 11.3 Å². The van der Waals surface area contributed by atoms with Gasteiger partial charge in [-0.3, -0.25) is 4.79 Å². The highest BCUT2D eigenvalue weighted by Gasteiger charge is 2.29. The van der Waals surface area contributed by atoms with Gasteiger partial charge >= 0.3 is 6.09 Å². The van der Waals surface area contributed by atoms with E-state index in [1.807, 2.05) is 70.2 Å². The van der Waals surface area contributed by atoms with Crippen molar-refractivity contribution in [3.05, 3.63) is 102 Å². The highest BCUT2D eigenvalue weighted by Crippen LogP contribution is 2.39. The molecule has 5 aromatic rings. The molecule has 2 amide bonds. The Bertz CT molecular complexity index is 2030. The highest BCUT2D eigenvalue weighted by molar-refractivity contribution is 6.05. The summed E-state index contributed by atoms with van der Waals surface area (Å²) in [5.41, 5.74) is 2.80. The number of pyridine rings is 1. The zero-order valence-corrected chi connectivity index (χ0v) is 29.6. The zero-order valence-electron chi connectivity index (χ0n) is 29.6. The second kappa shape index (κ2) is 15.1. The minimum Gasteiger partial charge on any atom is -0.445 e. The van der Waals surface area contributed by atoms with Crippen molar-refractivity contribution in [3.63, 3.8) is 0 Å². The van der Waals surface area contributed by atoms with Crippen molar-refractivity contribution in [1.29, 1.82) is 0 Å². The number of nitrogens with one attached hydrogen (secondary N) is 2. The third-order valence-corrected chi connectivity index (χ3v) is 8.61. The van der Waals surface area contributed by atoms with Crippen molar-refractivity contribution in [3.8, 4) is 22.9 Å².